The molecule has 0 amide bonds. The summed E-state index contributed by atoms with van der Waals surface area (Å²) in [7, 11) is 0. The summed E-state index contributed by atoms with van der Waals surface area (Å²) < 4.78 is 25.4. The van der Waals surface area contributed by atoms with Crippen molar-refractivity contribution >= 4 is 24.8 Å². The average molecular weight is 231 g/mol. The van der Waals surface area contributed by atoms with Crippen LogP contribution in [0.4, 0.5) is 8.78 Å². The van der Waals surface area contributed by atoms with Gasteiger partial charge < -0.3 is 5.73 Å². The number of rotatable bonds is 1. The molecule has 0 aromatic carbocycles. The first kappa shape index (κ1) is 15.0. The molecular weight excluding hydrogens is 221 g/mol. The minimum atomic E-state index is -0.694. The van der Waals surface area contributed by atoms with Crippen molar-refractivity contribution in [1.82, 2.24) is 4.98 Å². The van der Waals surface area contributed by atoms with E-state index in [2.05, 4.69) is 4.98 Å². The lowest BCUT2D eigenvalue weighted by Gasteiger charge is -2.06. The van der Waals surface area contributed by atoms with Gasteiger partial charge in [-0.15, -0.1) is 24.8 Å². The Morgan fingerprint density at radius 2 is 1.62 bits per heavy atom. The van der Waals surface area contributed by atoms with Crippen LogP contribution in [-0.4, -0.2) is 4.98 Å². The van der Waals surface area contributed by atoms with Crippen LogP contribution in [0, 0.1) is 11.6 Å². The summed E-state index contributed by atoms with van der Waals surface area (Å²) in [4.78, 5) is 3.32. The summed E-state index contributed by atoms with van der Waals surface area (Å²) in [6.07, 6.45) is 1.89. The highest BCUT2D eigenvalue weighted by Gasteiger charge is 2.12. The SMILES string of the molecule is CC(N)c1c(F)cncc1F.Cl.Cl. The first-order valence-electron chi connectivity index (χ1n) is 3.17. The summed E-state index contributed by atoms with van der Waals surface area (Å²) >= 11 is 0. The molecule has 0 fully saturated rings. The molecule has 0 spiro atoms. The Morgan fingerprint density at radius 1 is 1.23 bits per heavy atom. The van der Waals surface area contributed by atoms with Crippen molar-refractivity contribution in [2.24, 2.45) is 5.73 Å². The smallest absolute Gasteiger partial charge is 0.149 e. The van der Waals surface area contributed by atoms with Crippen molar-refractivity contribution in [3.05, 3.63) is 29.6 Å². The van der Waals surface area contributed by atoms with Gasteiger partial charge in [-0.1, -0.05) is 0 Å². The molecule has 6 heteroatoms. The number of hydrogen-bond acceptors (Lipinski definition) is 2. The highest BCUT2D eigenvalue weighted by Crippen LogP contribution is 2.16. The van der Waals surface area contributed by atoms with Crippen LogP contribution in [0.25, 0.3) is 0 Å². The lowest BCUT2D eigenvalue weighted by molar-refractivity contribution is 0.528. The first-order valence-corrected chi connectivity index (χ1v) is 3.17. The number of nitrogens with zero attached hydrogens (tertiary/aromatic N) is 1. The van der Waals surface area contributed by atoms with Gasteiger partial charge in [-0.25, -0.2) is 8.78 Å². The maximum absolute atomic E-state index is 12.7. The Balaban J connectivity index is 0. The molecule has 1 aromatic rings. The van der Waals surface area contributed by atoms with Crippen LogP contribution < -0.4 is 5.73 Å². The number of halogens is 4. The minimum Gasteiger partial charge on any atom is -0.324 e. The van der Waals surface area contributed by atoms with Crippen LogP contribution in [0.5, 0.6) is 0 Å². The second-order valence-corrected chi connectivity index (χ2v) is 2.31. The fraction of sp³-hybridized carbons (Fsp3) is 0.286. The van der Waals surface area contributed by atoms with Gasteiger partial charge in [-0.05, 0) is 6.92 Å². The van der Waals surface area contributed by atoms with Gasteiger partial charge in [0.25, 0.3) is 0 Å². The van der Waals surface area contributed by atoms with E-state index in [9.17, 15) is 8.78 Å². The number of nitrogens with two attached hydrogens (primary N) is 1. The molecular formula is C7H10Cl2F2N2. The van der Waals surface area contributed by atoms with Gasteiger partial charge in [0.1, 0.15) is 11.6 Å². The number of hydrogen-bond donors (Lipinski definition) is 1. The molecule has 0 aliphatic heterocycles. The second-order valence-electron chi connectivity index (χ2n) is 2.31. The monoisotopic (exact) mass is 230 g/mol. The summed E-state index contributed by atoms with van der Waals surface area (Å²) in [6, 6.07) is -0.641. The molecule has 1 unspecified atom stereocenters. The Kier molecular flexibility index (Phi) is 7.03. The van der Waals surface area contributed by atoms with E-state index in [0.717, 1.165) is 12.4 Å². The maximum atomic E-state index is 12.7. The van der Waals surface area contributed by atoms with Crippen LogP contribution in [0.3, 0.4) is 0 Å². The lowest BCUT2D eigenvalue weighted by atomic mass is 10.1. The third-order valence-corrected chi connectivity index (χ3v) is 1.35. The molecule has 0 aliphatic rings. The zero-order valence-electron chi connectivity index (χ0n) is 6.83. The molecule has 1 atom stereocenters. The van der Waals surface area contributed by atoms with E-state index in [1.165, 1.54) is 6.92 Å². The van der Waals surface area contributed by atoms with E-state index in [1.54, 1.807) is 0 Å². The van der Waals surface area contributed by atoms with E-state index < -0.39 is 17.7 Å². The Labute approximate surface area is 87.4 Å². The molecule has 0 bridgehead atoms. The van der Waals surface area contributed by atoms with Crippen LogP contribution in [0.2, 0.25) is 0 Å². The van der Waals surface area contributed by atoms with Gasteiger partial charge >= 0.3 is 0 Å². The minimum absolute atomic E-state index is 0. The highest BCUT2D eigenvalue weighted by molar-refractivity contribution is 5.85. The van der Waals surface area contributed by atoms with E-state index in [0.29, 0.717) is 0 Å². The van der Waals surface area contributed by atoms with Crippen molar-refractivity contribution < 1.29 is 8.78 Å². The molecule has 1 heterocycles. The summed E-state index contributed by atoms with van der Waals surface area (Å²) in [5, 5.41) is 0. The molecule has 2 N–H and O–H groups in total. The second kappa shape index (κ2) is 6.07. The molecule has 2 nitrogen and oxygen atoms in total. The zero-order chi connectivity index (χ0) is 8.43. The predicted octanol–water partition coefficient (Wildman–Crippen LogP) is 2.22. The fourth-order valence-corrected chi connectivity index (χ4v) is 0.856. The normalized spacial score (nSPS) is 11.1. The van der Waals surface area contributed by atoms with Gasteiger partial charge in [-0.3, -0.25) is 4.98 Å². The molecule has 0 saturated carbocycles. The largest absolute Gasteiger partial charge is 0.324 e. The van der Waals surface area contributed by atoms with Gasteiger partial charge in [0.15, 0.2) is 0 Å². The highest BCUT2D eigenvalue weighted by atomic mass is 35.5. The topological polar surface area (TPSA) is 38.9 Å². The molecule has 0 aliphatic carbocycles. The molecule has 1 aromatic heterocycles. The van der Waals surface area contributed by atoms with Crippen molar-refractivity contribution in [3.63, 3.8) is 0 Å². The average Bonchev–Trinajstić information content (AvgIpc) is 1.85. The van der Waals surface area contributed by atoms with E-state index in [1.807, 2.05) is 0 Å². The van der Waals surface area contributed by atoms with Crippen molar-refractivity contribution in [2.45, 2.75) is 13.0 Å². The van der Waals surface area contributed by atoms with Crippen LogP contribution in [-0.2, 0) is 0 Å². The molecule has 13 heavy (non-hydrogen) atoms. The summed E-state index contributed by atoms with van der Waals surface area (Å²) in [5.74, 6) is -1.39. The quantitative estimate of drug-likeness (QED) is 0.804. The molecule has 0 radical (unpaired) electrons. The van der Waals surface area contributed by atoms with Crippen molar-refractivity contribution in [1.29, 1.82) is 0 Å². The van der Waals surface area contributed by atoms with Gasteiger partial charge in [0, 0.05) is 11.6 Å². The Hall–Kier alpha value is -0.450. The van der Waals surface area contributed by atoms with E-state index in [4.69, 9.17) is 5.73 Å². The van der Waals surface area contributed by atoms with Gasteiger partial charge in [-0.2, -0.15) is 0 Å². The third kappa shape index (κ3) is 3.42. The fourth-order valence-electron chi connectivity index (χ4n) is 0.856. The standard InChI is InChI=1S/C7H8F2N2.2ClH/c1-4(10)7-5(8)2-11-3-6(7)9;;/h2-4H,10H2,1H3;2*1H. The Morgan fingerprint density at radius 3 is 1.85 bits per heavy atom. The van der Waals surface area contributed by atoms with Crippen LogP contribution in [0.1, 0.15) is 18.5 Å². The number of pyridine rings is 1. The van der Waals surface area contributed by atoms with Crippen LogP contribution >= 0.6 is 24.8 Å². The van der Waals surface area contributed by atoms with E-state index >= 15 is 0 Å². The van der Waals surface area contributed by atoms with Gasteiger partial charge in [0.05, 0.1) is 12.4 Å². The summed E-state index contributed by atoms with van der Waals surface area (Å²) in [6.45, 7) is 1.52. The van der Waals surface area contributed by atoms with E-state index in [-0.39, 0.29) is 30.4 Å². The van der Waals surface area contributed by atoms with Gasteiger partial charge in [0.2, 0.25) is 0 Å². The van der Waals surface area contributed by atoms with Crippen molar-refractivity contribution in [3.8, 4) is 0 Å². The maximum Gasteiger partial charge on any atom is 0.149 e. The Bertz CT molecular complexity index is 248. The zero-order valence-corrected chi connectivity index (χ0v) is 8.46. The molecule has 0 saturated heterocycles. The molecule has 1 rings (SSSR count). The number of aromatic nitrogens is 1. The first-order chi connectivity index (χ1) is 5.13. The summed E-state index contributed by atoms with van der Waals surface area (Å²) in [5.41, 5.74) is 5.20. The van der Waals surface area contributed by atoms with Crippen molar-refractivity contribution in [2.75, 3.05) is 0 Å². The molecule has 76 valence electrons. The third-order valence-electron chi connectivity index (χ3n) is 1.35. The van der Waals surface area contributed by atoms with Crippen LogP contribution in [0.15, 0.2) is 12.4 Å². The lowest BCUT2D eigenvalue weighted by Crippen LogP contribution is -2.10. The predicted molar refractivity (Wildman–Crippen MR) is 51.3 cm³/mol.